The highest BCUT2D eigenvalue weighted by atomic mass is 16.5. The molecule has 0 amide bonds. The largest absolute Gasteiger partial charge is 0.489 e. The van der Waals surface area contributed by atoms with E-state index in [0.717, 1.165) is 16.9 Å². The van der Waals surface area contributed by atoms with Crippen molar-refractivity contribution in [1.82, 2.24) is 4.90 Å². The van der Waals surface area contributed by atoms with Crippen LogP contribution in [0.25, 0.3) is 0 Å². The van der Waals surface area contributed by atoms with Crippen molar-refractivity contribution in [3.05, 3.63) is 65.7 Å². The first-order chi connectivity index (χ1) is 11.6. The van der Waals surface area contributed by atoms with Crippen LogP contribution in [0.1, 0.15) is 24.2 Å². The normalized spacial score (nSPS) is 20.9. The monoisotopic (exact) mass is 327 g/mol. The lowest BCUT2D eigenvalue weighted by atomic mass is 10.0. The third kappa shape index (κ3) is 3.93. The molecule has 2 aromatic rings. The highest BCUT2D eigenvalue weighted by Gasteiger charge is 2.33. The van der Waals surface area contributed by atoms with Crippen molar-refractivity contribution in [2.75, 3.05) is 13.3 Å². The van der Waals surface area contributed by atoms with Crippen LogP contribution >= 0.6 is 0 Å². The minimum absolute atomic E-state index is 0.00403. The first-order valence-corrected chi connectivity index (χ1v) is 7.97. The third-order valence-corrected chi connectivity index (χ3v) is 4.23. The van der Waals surface area contributed by atoms with Gasteiger partial charge in [0.2, 0.25) is 0 Å². The minimum Gasteiger partial charge on any atom is -0.489 e. The van der Waals surface area contributed by atoms with Gasteiger partial charge < -0.3 is 14.6 Å². The van der Waals surface area contributed by atoms with Gasteiger partial charge >= 0.3 is 5.97 Å². The quantitative estimate of drug-likeness (QED) is 0.883. The number of rotatable bonds is 6. The van der Waals surface area contributed by atoms with Gasteiger partial charge in [-0.15, -0.1) is 0 Å². The molecular weight excluding hydrogens is 306 g/mol. The maximum Gasteiger partial charge on any atom is 0.317 e. The maximum absolute atomic E-state index is 10.9. The summed E-state index contributed by atoms with van der Waals surface area (Å²) in [6, 6.07) is 17.8. The van der Waals surface area contributed by atoms with Gasteiger partial charge in [-0.2, -0.15) is 0 Å². The van der Waals surface area contributed by atoms with Gasteiger partial charge in [-0.1, -0.05) is 42.5 Å². The minimum atomic E-state index is -0.837. The van der Waals surface area contributed by atoms with E-state index < -0.39 is 5.97 Å². The molecule has 5 nitrogen and oxygen atoms in total. The van der Waals surface area contributed by atoms with E-state index in [9.17, 15) is 4.79 Å². The van der Waals surface area contributed by atoms with Crippen molar-refractivity contribution in [2.24, 2.45) is 0 Å². The molecule has 0 radical (unpaired) electrons. The summed E-state index contributed by atoms with van der Waals surface area (Å²) in [6.45, 7) is 2.85. The van der Waals surface area contributed by atoms with E-state index in [1.165, 1.54) is 0 Å². The molecule has 2 unspecified atom stereocenters. The van der Waals surface area contributed by atoms with E-state index in [-0.39, 0.29) is 18.7 Å². The van der Waals surface area contributed by atoms with Crippen LogP contribution in [0.4, 0.5) is 0 Å². The Morgan fingerprint density at radius 2 is 1.92 bits per heavy atom. The molecule has 0 spiro atoms. The molecule has 24 heavy (non-hydrogen) atoms. The molecule has 3 rings (SSSR count). The summed E-state index contributed by atoms with van der Waals surface area (Å²) in [7, 11) is 0. The molecule has 1 N–H and O–H groups in total. The van der Waals surface area contributed by atoms with E-state index in [4.69, 9.17) is 14.6 Å². The third-order valence-electron chi connectivity index (χ3n) is 4.23. The summed E-state index contributed by atoms with van der Waals surface area (Å²) in [5.41, 5.74) is 2.15. The van der Waals surface area contributed by atoms with Gasteiger partial charge in [-0.3, -0.25) is 9.69 Å². The number of aliphatic carboxylic acids is 1. The fraction of sp³-hybridized carbons (Fsp3) is 0.316. The van der Waals surface area contributed by atoms with Crippen molar-refractivity contribution in [3.63, 3.8) is 0 Å². The van der Waals surface area contributed by atoms with Crippen molar-refractivity contribution in [3.8, 4) is 5.75 Å². The SMILES string of the molecule is CC1C(c2ccc(OCc3ccccc3)cc2)OCN1CC(=O)O. The van der Waals surface area contributed by atoms with Crippen LogP contribution in [-0.4, -0.2) is 35.3 Å². The Bertz CT molecular complexity index is 672. The standard InChI is InChI=1S/C19H21NO4/c1-14-19(24-13-20(14)11-18(21)22)16-7-9-17(10-8-16)23-12-15-5-3-2-4-6-15/h2-10,14,19H,11-13H2,1H3,(H,21,22). The zero-order chi connectivity index (χ0) is 16.9. The summed E-state index contributed by atoms with van der Waals surface area (Å²) in [4.78, 5) is 12.7. The van der Waals surface area contributed by atoms with E-state index in [1.807, 2.05) is 66.4 Å². The molecule has 1 fully saturated rings. The Balaban J connectivity index is 1.59. The van der Waals surface area contributed by atoms with Crippen LogP contribution in [0.5, 0.6) is 5.75 Å². The zero-order valence-corrected chi connectivity index (χ0v) is 13.6. The topological polar surface area (TPSA) is 59.0 Å². The molecule has 0 aliphatic carbocycles. The first kappa shape index (κ1) is 16.5. The number of hydrogen-bond donors (Lipinski definition) is 1. The average Bonchev–Trinajstić information content (AvgIpc) is 2.95. The molecule has 1 aliphatic heterocycles. The average molecular weight is 327 g/mol. The number of hydrogen-bond acceptors (Lipinski definition) is 4. The summed E-state index contributed by atoms with van der Waals surface area (Å²) in [5.74, 6) is -0.0357. The van der Waals surface area contributed by atoms with Crippen molar-refractivity contribution < 1.29 is 19.4 Å². The second kappa shape index (κ2) is 7.47. The Kier molecular flexibility index (Phi) is 5.13. The van der Waals surface area contributed by atoms with Crippen LogP contribution in [0.2, 0.25) is 0 Å². The predicted octanol–water partition coefficient (Wildman–Crippen LogP) is 3.07. The van der Waals surface area contributed by atoms with Crippen molar-refractivity contribution >= 4 is 5.97 Å². The number of carboxylic acid groups (broad SMARTS) is 1. The first-order valence-electron chi connectivity index (χ1n) is 7.97. The second-order valence-corrected chi connectivity index (χ2v) is 5.94. The zero-order valence-electron chi connectivity index (χ0n) is 13.6. The summed E-state index contributed by atoms with van der Waals surface area (Å²) in [6.07, 6.45) is -0.118. The van der Waals surface area contributed by atoms with Crippen LogP contribution in [0, 0.1) is 0 Å². The number of carbonyl (C=O) groups is 1. The molecule has 1 aliphatic rings. The van der Waals surface area contributed by atoms with Crippen molar-refractivity contribution in [1.29, 1.82) is 0 Å². The molecule has 5 heteroatoms. The van der Waals surface area contributed by atoms with Gasteiger partial charge in [-0.05, 0) is 30.2 Å². The van der Waals surface area contributed by atoms with Crippen LogP contribution in [0.3, 0.4) is 0 Å². The smallest absolute Gasteiger partial charge is 0.317 e. The van der Waals surface area contributed by atoms with E-state index in [0.29, 0.717) is 13.3 Å². The summed E-state index contributed by atoms with van der Waals surface area (Å²) in [5, 5.41) is 8.92. The van der Waals surface area contributed by atoms with E-state index in [1.54, 1.807) is 0 Å². The molecule has 0 bridgehead atoms. The Morgan fingerprint density at radius 3 is 2.58 bits per heavy atom. The molecule has 0 saturated carbocycles. The maximum atomic E-state index is 10.9. The van der Waals surface area contributed by atoms with Gasteiger partial charge in [-0.25, -0.2) is 0 Å². The number of carboxylic acids is 1. The van der Waals surface area contributed by atoms with Crippen LogP contribution in [0.15, 0.2) is 54.6 Å². The van der Waals surface area contributed by atoms with E-state index >= 15 is 0 Å². The van der Waals surface area contributed by atoms with E-state index in [2.05, 4.69) is 0 Å². The van der Waals surface area contributed by atoms with Crippen molar-refractivity contribution in [2.45, 2.75) is 25.7 Å². The Morgan fingerprint density at radius 1 is 1.21 bits per heavy atom. The number of nitrogens with zero attached hydrogens (tertiary/aromatic N) is 1. The summed E-state index contributed by atoms with van der Waals surface area (Å²) >= 11 is 0. The lowest BCUT2D eigenvalue weighted by Gasteiger charge is -2.20. The van der Waals surface area contributed by atoms with Gasteiger partial charge in [0, 0.05) is 6.04 Å². The van der Waals surface area contributed by atoms with Gasteiger partial charge in [0.25, 0.3) is 0 Å². The highest BCUT2D eigenvalue weighted by Crippen LogP contribution is 2.31. The Labute approximate surface area is 141 Å². The fourth-order valence-electron chi connectivity index (χ4n) is 2.86. The summed E-state index contributed by atoms with van der Waals surface area (Å²) < 4.78 is 11.5. The predicted molar refractivity (Wildman–Crippen MR) is 89.7 cm³/mol. The van der Waals surface area contributed by atoms with Gasteiger partial charge in [0.05, 0.1) is 12.6 Å². The number of ether oxygens (including phenoxy) is 2. The lowest BCUT2D eigenvalue weighted by Crippen LogP contribution is -2.34. The molecule has 0 aromatic heterocycles. The molecule has 1 heterocycles. The molecular formula is C19H21NO4. The van der Waals surface area contributed by atoms with Crippen LogP contribution < -0.4 is 4.74 Å². The van der Waals surface area contributed by atoms with Gasteiger partial charge in [0.1, 0.15) is 19.1 Å². The highest BCUT2D eigenvalue weighted by molar-refractivity contribution is 5.69. The second-order valence-electron chi connectivity index (χ2n) is 5.94. The lowest BCUT2D eigenvalue weighted by molar-refractivity contribution is -0.138. The molecule has 126 valence electrons. The fourth-order valence-corrected chi connectivity index (χ4v) is 2.86. The number of benzene rings is 2. The molecule has 1 saturated heterocycles. The van der Waals surface area contributed by atoms with Crippen LogP contribution in [-0.2, 0) is 16.1 Å². The molecule has 2 aromatic carbocycles. The molecule has 2 atom stereocenters. The Hall–Kier alpha value is -2.37. The van der Waals surface area contributed by atoms with Gasteiger partial charge in [0.15, 0.2) is 0 Å².